The molecular weight excluding hydrogens is 263 g/mol. The molecule has 0 radical (unpaired) electrons. The molecule has 15 heavy (non-hydrogen) atoms. The smallest absolute Gasteiger partial charge is 0.550 e. The van der Waals surface area contributed by atoms with Crippen molar-refractivity contribution in [2.75, 3.05) is 6.61 Å². The summed E-state index contributed by atoms with van der Waals surface area (Å²) in [5.41, 5.74) is 0. The van der Waals surface area contributed by atoms with Crippen LogP contribution in [0.2, 0.25) is 0 Å². The van der Waals surface area contributed by atoms with Crippen LogP contribution in [0.4, 0.5) is 0 Å². The quantitative estimate of drug-likeness (QED) is 0.479. The first kappa shape index (κ1) is 19.5. The van der Waals surface area contributed by atoms with Gasteiger partial charge in [0.15, 0.2) is 0 Å². The third-order valence-corrected chi connectivity index (χ3v) is 1.02. The molecule has 0 spiro atoms. The van der Waals surface area contributed by atoms with Gasteiger partial charge in [-0.05, 0) is 0 Å². The van der Waals surface area contributed by atoms with Crippen LogP contribution in [0.3, 0.4) is 0 Å². The van der Waals surface area contributed by atoms with Gasteiger partial charge in [-0.1, -0.05) is 0 Å². The number of carbonyl (C=O) groups is 3. The summed E-state index contributed by atoms with van der Waals surface area (Å²) in [7, 11) is 0. The molecular formula is C6H10NO7Zn+. The van der Waals surface area contributed by atoms with E-state index in [1.807, 2.05) is 0 Å². The third kappa shape index (κ3) is 10.9. The number of rotatable bonds is 6. The molecule has 0 aromatic rings. The SMILES string of the molecule is O=C([O-])CC(OCC(=O)O)C(=O)[O-].[NH4+].[Zn+2]. The first-order valence-electron chi connectivity index (χ1n) is 3.17. The summed E-state index contributed by atoms with van der Waals surface area (Å²) < 4.78 is 4.19. The average Bonchev–Trinajstić information content (AvgIpc) is 1.96. The van der Waals surface area contributed by atoms with Gasteiger partial charge in [-0.15, -0.1) is 0 Å². The van der Waals surface area contributed by atoms with Crippen LogP contribution in [0.5, 0.6) is 0 Å². The minimum Gasteiger partial charge on any atom is -0.550 e. The van der Waals surface area contributed by atoms with Gasteiger partial charge in [0.1, 0.15) is 12.7 Å². The van der Waals surface area contributed by atoms with E-state index in [2.05, 4.69) is 4.74 Å². The van der Waals surface area contributed by atoms with Crippen molar-refractivity contribution in [2.45, 2.75) is 12.5 Å². The van der Waals surface area contributed by atoms with Gasteiger partial charge in [-0.2, -0.15) is 0 Å². The fraction of sp³-hybridized carbons (Fsp3) is 0.500. The minimum atomic E-state index is -1.79. The summed E-state index contributed by atoms with van der Waals surface area (Å²) in [6.07, 6.45) is -2.73. The van der Waals surface area contributed by atoms with E-state index in [4.69, 9.17) is 5.11 Å². The second-order valence-corrected chi connectivity index (χ2v) is 2.09. The van der Waals surface area contributed by atoms with Gasteiger partial charge in [0.2, 0.25) is 0 Å². The summed E-state index contributed by atoms with van der Waals surface area (Å²) in [5, 5.41) is 28.1. The van der Waals surface area contributed by atoms with Crippen LogP contribution in [0.15, 0.2) is 0 Å². The number of quaternary nitrogens is 1. The molecule has 0 aliphatic carbocycles. The molecule has 8 nitrogen and oxygen atoms in total. The fourth-order valence-corrected chi connectivity index (χ4v) is 0.534. The molecule has 82 valence electrons. The Morgan fingerprint density at radius 1 is 1.27 bits per heavy atom. The molecule has 0 heterocycles. The van der Waals surface area contributed by atoms with Crippen LogP contribution < -0.4 is 16.4 Å². The molecule has 0 saturated heterocycles. The van der Waals surface area contributed by atoms with Crippen molar-refractivity contribution in [3.05, 3.63) is 0 Å². The Labute approximate surface area is 97.6 Å². The Balaban J connectivity index is -0.000000720. The van der Waals surface area contributed by atoms with Crippen molar-refractivity contribution in [2.24, 2.45) is 0 Å². The number of hydrogen-bond acceptors (Lipinski definition) is 6. The van der Waals surface area contributed by atoms with E-state index in [1.54, 1.807) is 0 Å². The Morgan fingerprint density at radius 3 is 2.00 bits per heavy atom. The monoisotopic (exact) mass is 272 g/mol. The van der Waals surface area contributed by atoms with Crippen LogP contribution in [0.1, 0.15) is 6.42 Å². The van der Waals surface area contributed by atoms with Gasteiger partial charge in [-0.3, -0.25) is 0 Å². The van der Waals surface area contributed by atoms with Gasteiger partial charge < -0.3 is 35.8 Å². The normalized spacial score (nSPS) is 10.4. The number of carboxylic acid groups (broad SMARTS) is 3. The second-order valence-electron chi connectivity index (χ2n) is 2.09. The van der Waals surface area contributed by atoms with Crippen LogP contribution in [-0.4, -0.2) is 35.7 Å². The van der Waals surface area contributed by atoms with Crippen molar-refractivity contribution in [3.8, 4) is 0 Å². The van der Waals surface area contributed by atoms with Crippen molar-refractivity contribution < 1.29 is 53.9 Å². The Hall–Kier alpha value is -1.05. The molecule has 0 bridgehead atoms. The first-order valence-corrected chi connectivity index (χ1v) is 3.17. The molecule has 5 N–H and O–H groups in total. The van der Waals surface area contributed by atoms with Gasteiger partial charge in [-0.25, -0.2) is 4.79 Å². The number of hydrogen-bond donors (Lipinski definition) is 2. The van der Waals surface area contributed by atoms with Gasteiger partial charge in [0, 0.05) is 12.4 Å². The molecule has 1 unspecified atom stereocenters. The van der Waals surface area contributed by atoms with Crippen LogP contribution in [0, 0.1) is 0 Å². The van der Waals surface area contributed by atoms with E-state index in [0.717, 1.165) is 0 Å². The largest absolute Gasteiger partial charge is 2.00 e. The summed E-state index contributed by atoms with van der Waals surface area (Å²) in [5.74, 6) is -4.84. The Morgan fingerprint density at radius 2 is 1.73 bits per heavy atom. The summed E-state index contributed by atoms with van der Waals surface area (Å²) in [4.78, 5) is 30.0. The van der Waals surface area contributed by atoms with Crippen molar-refractivity contribution in [1.29, 1.82) is 0 Å². The standard InChI is InChI=1S/C6H8O7.H3N.Zn/c7-4(8)1-3(6(11)12)13-2-5(9)10;;/h3H,1-2H2,(H,7,8)(H,9,10)(H,11,12);1H3;/q;;+2/p-1. The zero-order valence-corrected chi connectivity index (χ0v) is 11.1. The van der Waals surface area contributed by atoms with Crippen molar-refractivity contribution in [1.82, 2.24) is 6.15 Å². The number of ether oxygens (including phenoxy) is 1. The molecule has 9 heteroatoms. The predicted octanol–water partition coefficient (Wildman–Crippen LogP) is -3.28. The first-order chi connectivity index (χ1) is 5.93. The van der Waals surface area contributed by atoms with E-state index >= 15 is 0 Å². The number of carboxylic acids is 3. The average molecular weight is 274 g/mol. The maximum atomic E-state index is 10.1. The summed E-state index contributed by atoms with van der Waals surface area (Å²) in [6, 6.07) is 0. The minimum absolute atomic E-state index is 0. The zero-order valence-electron chi connectivity index (χ0n) is 8.10. The molecule has 0 aliphatic rings. The molecule has 0 aliphatic heterocycles. The fourth-order valence-electron chi connectivity index (χ4n) is 0.534. The zero-order chi connectivity index (χ0) is 10.4. The van der Waals surface area contributed by atoms with E-state index in [-0.39, 0.29) is 25.6 Å². The van der Waals surface area contributed by atoms with Crippen LogP contribution in [0.25, 0.3) is 0 Å². The van der Waals surface area contributed by atoms with E-state index in [9.17, 15) is 24.6 Å². The van der Waals surface area contributed by atoms with Gasteiger partial charge in [0.25, 0.3) is 0 Å². The van der Waals surface area contributed by atoms with Gasteiger partial charge >= 0.3 is 25.4 Å². The Kier molecular flexibility index (Phi) is 12.4. The van der Waals surface area contributed by atoms with E-state index in [1.165, 1.54) is 0 Å². The number of aliphatic carboxylic acids is 3. The maximum Gasteiger partial charge on any atom is 2.00 e. The van der Waals surface area contributed by atoms with Crippen molar-refractivity contribution in [3.63, 3.8) is 0 Å². The maximum absolute atomic E-state index is 10.1. The molecule has 0 saturated carbocycles. The third-order valence-electron chi connectivity index (χ3n) is 1.02. The molecule has 1 atom stereocenters. The van der Waals surface area contributed by atoms with Crippen LogP contribution in [-0.2, 0) is 38.6 Å². The number of carbonyl (C=O) groups excluding carboxylic acids is 2. The molecule has 0 rings (SSSR count). The van der Waals surface area contributed by atoms with E-state index in [0.29, 0.717) is 0 Å². The van der Waals surface area contributed by atoms with Crippen LogP contribution >= 0.6 is 0 Å². The topological polar surface area (TPSA) is 163 Å². The van der Waals surface area contributed by atoms with Crippen molar-refractivity contribution >= 4 is 17.9 Å². The molecule has 0 aromatic carbocycles. The summed E-state index contributed by atoms with van der Waals surface area (Å²) in [6.45, 7) is -0.897. The van der Waals surface area contributed by atoms with Gasteiger partial charge in [0.05, 0.1) is 5.97 Å². The summed E-state index contributed by atoms with van der Waals surface area (Å²) >= 11 is 0. The Bertz CT molecular complexity index is 232. The molecule has 0 aromatic heterocycles. The molecule has 0 amide bonds. The molecule has 0 fully saturated rings. The predicted molar refractivity (Wildman–Crippen MR) is 38.0 cm³/mol. The second kappa shape index (κ2) is 9.51. The van der Waals surface area contributed by atoms with E-state index < -0.39 is 37.0 Å².